The summed E-state index contributed by atoms with van der Waals surface area (Å²) in [5.41, 5.74) is 0. The Morgan fingerprint density at radius 1 is 1.21 bits per heavy atom. The van der Waals surface area contributed by atoms with E-state index < -0.39 is 0 Å². The molecule has 0 radical (unpaired) electrons. The van der Waals surface area contributed by atoms with Crippen molar-refractivity contribution in [2.24, 2.45) is 5.92 Å². The molecule has 1 atom stereocenters. The Bertz CT molecular complexity index is 209. The Hall–Kier alpha value is -0.120. The fraction of sp³-hybridized carbons (Fsp3) is 1.00. The van der Waals surface area contributed by atoms with Gasteiger partial charge in [-0.05, 0) is 44.8 Å². The second-order valence-corrected chi connectivity index (χ2v) is 6.21. The molecule has 0 amide bonds. The lowest BCUT2D eigenvalue weighted by Gasteiger charge is -2.32. The van der Waals surface area contributed by atoms with E-state index in [1.165, 1.54) is 38.8 Å². The van der Waals surface area contributed by atoms with Gasteiger partial charge in [-0.2, -0.15) is 0 Å². The summed E-state index contributed by atoms with van der Waals surface area (Å²) in [4.78, 5) is 2.58. The van der Waals surface area contributed by atoms with Crippen LogP contribution in [0.5, 0.6) is 0 Å². The van der Waals surface area contributed by atoms with Gasteiger partial charge in [0.25, 0.3) is 0 Å². The zero-order valence-corrected chi connectivity index (χ0v) is 13.3. The second kappa shape index (κ2) is 10.6. The summed E-state index contributed by atoms with van der Waals surface area (Å²) in [5, 5.41) is 3.51. The van der Waals surface area contributed by atoms with E-state index in [9.17, 15) is 0 Å². The van der Waals surface area contributed by atoms with E-state index in [-0.39, 0.29) is 0 Å². The second-order valence-electron chi connectivity index (χ2n) is 6.21. The van der Waals surface area contributed by atoms with Crippen molar-refractivity contribution in [3.05, 3.63) is 0 Å². The van der Waals surface area contributed by atoms with Crippen LogP contribution in [0, 0.1) is 5.92 Å². The molecule has 0 aromatic heterocycles. The molecular weight excluding hydrogens is 236 g/mol. The van der Waals surface area contributed by atoms with Crippen LogP contribution in [0.2, 0.25) is 0 Å². The molecule has 114 valence electrons. The number of nitrogens with zero attached hydrogens (tertiary/aromatic N) is 1. The highest BCUT2D eigenvalue weighted by molar-refractivity contribution is 4.70. The zero-order valence-electron chi connectivity index (χ0n) is 13.3. The summed E-state index contributed by atoms with van der Waals surface area (Å²) >= 11 is 0. The van der Waals surface area contributed by atoms with Gasteiger partial charge in [0, 0.05) is 13.1 Å². The first-order valence-corrected chi connectivity index (χ1v) is 8.27. The monoisotopic (exact) mass is 270 g/mol. The van der Waals surface area contributed by atoms with Crippen LogP contribution in [-0.4, -0.2) is 50.3 Å². The largest absolute Gasteiger partial charge is 0.376 e. The van der Waals surface area contributed by atoms with Crippen molar-refractivity contribution in [2.75, 3.05) is 39.3 Å². The number of rotatable bonds is 10. The molecule has 19 heavy (non-hydrogen) atoms. The third-order valence-electron chi connectivity index (χ3n) is 3.81. The molecule has 1 unspecified atom stereocenters. The number of hydrogen-bond acceptors (Lipinski definition) is 3. The average Bonchev–Trinajstić information content (AvgIpc) is 2.41. The fourth-order valence-corrected chi connectivity index (χ4v) is 2.56. The van der Waals surface area contributed by atoms with Gasteiger partial charge >= 0.3 is 0 Å². The minimum absolute atomic E-state index is 0.481. The van der Waals surface area contributed by atoms with Crippen LogP contribution in [0.15, 0.2) is 0 Å². The first kappa shape index (κ1) is 16.9. The third-order valence-corrected chi connectivity index (χ3v) is 3.81. The van der Waals surface area contributed by atoms with Gasteiger partial charge in [-0.3, -0.25) is 4.90 Å². The highest BCUT2D eigenvalue weighted by Gasteiger charge is 2.17. The number of ether oxygens (including phenoxy) is 1. The van der Waals surface area contributed by atoms with Crippen LogP contribution in [-0.2, 0) is 4.74 Å². The third kappa shape index (κ3) is 8.61. The molecule has 1 fully saturated rings. The number of hydrogen-bond donors (Lipinski definition) is 1. The zero-order chi connectivity index (χ0) is 13.9. The minimum atomic E-state index is 0.481. The molecule has 1 heterocycles. The first-order valence-electron chi connectivity index (χ1n) is 8.27. The van der Waals surface area contributed by atoms with Gasteiger partial charge in [-0.15, -0.1) is 0 Å². The lowest BCUT2D eigenvalue weighted by atomic mass is 10.1. The van der Waals surface area contributed by atoms with E-state index >= 15 is 0 Å². The molecule has 1 N–H and O–H groups in total. The van der Waals surface area contributed by atoms with Crippen molar-refractivity contribution < 1.29 is 4.74 Å². The van der Waals surface area contributed by atoms with Crippen molar-refractivity contribution in [1.82, 2.24) is 10.2 Å². The van der Waals surface area contributed by atoms with Gasteiger partial charge in [0.15, 0.2) is 0 Å². The van der Waals surface area contributed by atoms with Gasteiger partial charge in [-0.1, -0.05) is 33.6 Å². The summed E-state index contributed by atoms with van der Waals surface area (Å²) in [6.07, 6.45) is 7.05. The van der Waals surface area contributed by atoms with Gasteiger partial charge in [0.1, 0.15) is 0 Å². The van der Waals surface area contributed by atoms with E-state index in [0.717, 1.165) is 38.6 Å². The van der Waals surface area contributed by atoms with E-state index in [0.29, 0.717) is 6.10 Å². The first-order chi connectivity index (χ1) is 9.22. The average molecular weight is 270 g/mol. The molecule has 0 aromatic carbocycles. The van der Waals surface area contributed by atoms with E-state index in [4.69, 9.17) is 4.74 Å². The van der Waals surface area contributed by atoms with Gasteiger partial charge in [0.05, 0.1) is 12.7 Å². The number of morpholine rings is 1. The SMILES string of the molecule is CCC1CN(CCCCCCNCC(C)C)CCO1. The van der Waals surface area contributed by atoms with Gasteiger partial charge in [-0.25, -0.2) is 0 Å². The Kier molecular flexibility index (Phi) is 9.48. The fourth-order valence-electron chi connectivity index (χ4n) is 2.56. The summed E-state index contributed by atoms with van der Waals surface area (Å²) in [6, 6.07) is 0. The van der Waals surface area contributed by atoms with Crippen molar-refractivity contribution >= 4 is 0 Å². The van der Waals surface area contributed by atoms with Crippen LogP contribution in [0.4, 0.5) is 0 Å². The van der Waals surface area contributed by atoms with Crippen LogP contribution < -0.4 is 5.32 Å². The van der Waals surface area contributed by atoms with Gasteiger partial charge < -0.3 is 10.1 Å². The van der Waals surface area contributed by atoms with E-state index in [1.54, 1.807) is 0 Å². The van der Waals surface area contributed by atoms with Crippen LogP contribution in [0.1, 0.15) is 52.9 Å². The molecular formula is C16H34N2O. The lowest BCUT2D eigenvalue weighted by Crippen LogP contribution is -2.42. The lowest BCUT2D eigenvalue weighted by molar-refractivity contribution is -0.0299. The summed E-state index contributed by atoms with van der Waals surface area (Å²) < 4.78 is 5.70. The minimum Gasteiger partial charge on any atom is -0.376 e. The van der Waals surface area contributed by atoms with Crippen LogP contribution in [0.25, 0.3) is 0 Å². The summed E-state index contributed by atoms with van der Waals surface area (Å²) in [5.74, 6) is 0.771. The molecule has 1 rings (SSSR count). The molecule has 3 nitrogen and oxygen atoms in total. The summed E-state index contributed by atoms with van der Waals surface area (Å²) in [7, 11) is 0. The predicted molar refractivity (Wildman–Crippen MR) is 82.6 cm³/mol. The molecule has 1 saturated heterocycles. The van der Waals surface area contributed by atoms with E-state index in [2.05, 4.69) is 31.0 Å². The molecule has 1 aliphatic rings. The number of nitrogens with one attached hydrogen (secondary N) is 1. The maximum Gasteiger partial charge on any atom is 0.0700 e. The molecule has 0 spiro atoms. The van der Waals surface area contributed by atoms with Crippen molar-refractivity contribution in [1.29, 1.82) is 0 Å². The van der Waals surface area contributed by atoms with Crippen LogP contribution >= 0.6 is 0 Å². The van der Waals surface area contributed by atoms with Crippen molar-refractivity contribution in [3.63, 3.8) is 0 Å². The highest BCUT2D eigenvalue weighted by Crippen LogP contribution is 2.10. The van der Waals surface area contributed by atoms with Crippen LogP contribution in [0.3, 0.4) is 0 Å². The predicted octanol–water partition coefficient (Wildman–Crippen LogP) is 2.90. The molecule has 0 saturated carbocycles. The quantitative estimate of drug-likeness (QED) is 0.618. The van der Waals surface area contributed by atoms with Crippen molar-refractivity contribution in [3.8, 4) is 0 Å². The molecule has 0 aromatic rings. The maximum absolute atomic E-state index is 5.70. The highest BCUT2D eigenvalue weighted by atomic mass is 16.5. The smallest absolute Gasteiger partial charge is 0.0700 e. The normalized spacial score (nSPS) is 21.2. The molecule has 0 bridgehead atoms. The Labute approximate surface area is 120 Å². The number of unbranched alkanes of at least 4 members (excludes halogenated alkanes) is 3. The maximum atomic E-state index is 5.70. The molecule has 3 heteroatoms. The molecule has 1 aliphatic heterocycles. The Balaban J connectivity index is 1.87. The molecule has 0 aliphatic carbocycles. The van der Waals surface area contributed by atoms with Gasteiger partial charge in [0.2, 0.25) is 0 Å². The Morgan fingerprint density at radius 2 is 2.00 bits per heavy atom. The summed E-state index contributed by atoms with van der Waals surface area (Å²) in [6.45, 7) is 13.6. The van der Waals surface area contributed by atoms with E-state index in [1.807, 2.05) is 0 Å². The standard InChI is InChI=1S/C16H34N2O/c1-4-16-14-18(11-12-19-16)10-8-6-5-7-9-17-13-15(2)3/h15-17H,4-14H2,1-3H3. The van der Waals surface area contributed by atoms with Crippen molar-refractivity contribution in [2.45, 2.75) is 59.0 Å². The Morgan fingerprint density at radius 3 is 2.74 bits per heavy atom. The topological polar surface area (TPSA) is 24.5 Å².